The predicted octanol–water partition coefficient (Wildman–Crippen LogP) is 4.42. The van der Waals surface area contributed by atoms with Crippen molar-refractivity contribution in [1.82, 2.24) is 0 Å². The molecule has 1 fully saturated rings. The molecule has 1 aliphatic rings. The fourth-order valence-corrected chi connectivity index (χ4v) is 2.84. The van der Waals surface area contributed by atoms with Crippen LogP contribution in [0.2, 0.25) is 0 Å². The van der Waals surface area contributed by atoms with Crippen LogP contribution in [0.4, 0.5) is 0 Å². The summed E-state index contributed by atoms with van der Waals surface area (Å²) in [7, 11) is 0. The van der Waals surface area contributed by atoms with Gasteiger partial charge in [-0.3, -0.25) is 0 Å². The Morgan fingerprint density at radius 2 is 1.44 bits per heavy atom. The van der Waals surface area contributed by atoms with Gasteiger partial charge in [0.15, 0.2) is 0 Å². The second-order valence-electron chi connectivity index (χ2n) is 6.10. The van der Waals surface area contributed by atoms with Gasteiger partial charge >= 0.3 is 0 Å². The molecule has 18 heavy (non-hydrogen) atoms. The van der Waals surface area contributed by atoms with E-state index in [0.717, 1.165) is 26.1 Å². The van der Waals surface area contributed by atoms with Crippen molar-refractivity contribution in [2.75, 3.05) is 13.2 Å². The zero-order chi connectivity index (χ0) is 13.1. The summed E-state index contributed by atoms with van der Waals surface area (Å²) in [5.41, 5.74) is 6.26. The van der Waals surface area contributed by atoms with Gasteiger partial charge in [-0.1, -0.05) is 64.7 Å². The summed E-state index contributed by atoms with van der Waals surface area (Å²) in [6, 6.07) is 0. The average Bonchev–Trinajstić information content (AvgIpc) is 2.79. The minimum Gasteiger partial charge on any atom is -0.380 e. The number of hydrogen-bond acceptors (Lipinski definition) is 2. The van der Waals surface area contributed by atoms with Gasteiger partial charge in [-0.2, -0.15) is 0 Å². The number of unbranched alkanes of at least 4 members (excludes halogenated alkanes) is 7. The molecule has 1 aliphatic carbocycles. The highest BCUT2D eigenvalue weighted by molar-refractivity contribution is 4.88. The molecule has 0 bridgehead atoms. The predicted molar refractivity (Wildman–Crippen MR) is 78.8 cm³/mol. The van der Waals surface area contributed by atoms with Crippen molar-refractivity contribution < 1.29 is 4.74 Å². The van der Waals surface area contributed by atoms with E-state index in [-0.39, 0.29) is 5.54 Å². The van der Waals surface area contributed by atoms with Crippen molar-refractivity contribution in [3.8, 4) is 0 Å². The Balaban J connectivity index is 1.78. The first-order valence-electron chi connectivity index (χ1n) is 8.13. The first-order valence-corrected chi connectivity index (χ1v) is 8.13. The summed E-state index contributed by atoms with van der Waals surface area (Å²) < 4.78 is 5.74. The summed E-state index contributed by atoms with van der Waals surface area (Å²) in [5, 5.41) is 0. The number of rotatable bonds is 11. The van der Waals surface area contributed by atoms with Crippen LogP contribution in [0.25, 0.3) is 0 Å². The molecule has 1 saturated carbocycles. The fraction of sp³-hybridized carbons (Fsp3) is 1.00. The molecule has 0 atom stereocenters. The van der Waals surface area contributed by atoms with Crippen LogP contribution in [-0.4, -0.2) is 18.8 Å². The molecular formula is C16H33NO. The van der Waals surface area contributed by atoms with E-state index in [2.05, 4.69) is 6.92 Å². The van der Waals surface area contributed by atoms with Gasteiger partial charge in [-0.25, -0.2) is 0 Å². The minimum atomic E-state index is 0.0140. The van der Waals surface area contributed by atoms with Crippen LogP contribution in [0.3, 0.4) is 0 Å². The summed E-state index contributed by atoms with van der Waals surface area (Å²) in [5.74, 6) is 0. The van der Waals surface area contributed by atoms with Gasteiger partial charge in [0.2, 0.25) is 0 Å². The summed E-state index contributed by atoms with van der Waals surface area (Å²) >= 11 is 0. The van der Waals surface area contributed by atoms with E-state index in [0.29, 0.717) is 0 Å². The monoisotopic (exact) mass is 255 g/mol. The van der Waals surface area contributed by atoms with E-state index in [1.807, 2.05) is 0 Å². The highest BCUT2D eigenvalue weighted by atomic mass is 16.5. The van der Waals surface area contributed by atoms with Crippen molar-refractivity contribution in [3.63, 3.8) is 0 Å². The van der Waals surface area contributed by atoms with E-state index in [9.17, 15) is 0 Å². The smallest absolute Gasteiger partial charge is 0.0646 e. The molecule has 2 heteroatoms. The first kappa shape index (κ1) is 16.0. The van der Waals surface area contributed by atoms with Crippen molar-refractivity contribution in [3.05, 3.63) is 0 Å². The second-order valence-corrected chi connectivity index (χ2v) is 6.10. The van der Waals surface area contributed by atoms with Gasteiger partial charge < -0.3 is 10.5 Å². The van der Waals surface area contributed by atoms with Crippen molar-refractivity contribution in [2.45, 2.75) is 89.5 Å². The summed E-state index contributed by atoms with van der Waals surface area (Å²) in [4.78, 5) is 0. The molecule has 0 aromatic heterocycles. The molecule has 0 radical (unpaired) electrons. The topological polar surface area (TPSA) is 35.2 Å². The van der Waals surface area contributed by atoms with Crippen LogP contribution in [0.5, 0.6) is 0 Å². The summed E-state index contributed by atoms with van der Waals surface area (Å²) in [6.45, 7) is 3.96. The van der Waals surface area contributed by atoms with Crippen molar-refractivity contribution in [2.24, 2.45) is 5.73 Å². The van der Waals surface area contributed by atoms with Crippen LogP contribution in [0, 0.1) is 0 Å². The lowest BCUT2D eigenvalue weighted by atomic mass is 10.0. The van der Waals surface area contributed by atoms with Gasteiger partial charge in [0.05, 0.1) is 6.61 Å². The van der Waals surface area contributed by atoms with Gasteiger partial charge in [0, 0.05) is 12.1 Å². The summed E-state index contributed by atoms with van der Waals surface area (Å²) in [6.07, 6.45) is 15.8. The highest BCUT2D eigenvalue weighted by Gasteiger charge is 2.29. The maximum absolute atomic E-state index is 6.24. The largest absolute Gasteiger partial charge is 0.380 e. The molecule has 0 unspecified atom stereocenters. The van der Waals surface area contributed by atoms with Gasteiger partial charge in [0.1, 0.15) is 0 Å². The maximum Gasteiger partial charge on any atom is 0.0646 e. The lowest BCUT2D eigenvalue weighted by Crippen LogP contribution is -2.41. The molecule has 0 aromatic rings. The molecule has 2 nitrogen and oxygen atoms in total. The number of nitrogens with two attached hydrogens (primary N) is 1. The molecule has 0 spiro atoms. The Morgan fingerprint density at radius 3 is 2.06 bits per heavy atom. The number of ether oxygens (including phenoxy) is 1. The highest BCUT2D eigenvalue weighted by Crippen LogP contribution is 2.27. The minimum absolute atomic E-state index is 0.0140. The molecule has 108 valence electrons. The Bertz CT molecular complexity index is 188. The van der Waals surface area contributed by atoms with E-state index < -0.39 is 0 Å². The molecule has 0 aromatic carbocycles. The Hall–Kier alpha value is -0.0800. The molecule has 1 rings (SSSR count). The second kappa shape index (κ2) is 9.80. The third-order valence-electron chi connectivity index (χ3n) is 4.13. The van der Waals surface area contributed by atoms with E-state index in [4.69, 9.17) is 10.5 Å². The molecule has 2 N–H and O–H groups in total. The fourth-order valence-electron chi connectivity index (χ4n) is 2.84. The lowest BCUT2D eigenvalue weighted by Gasteiger charge is -2.23. The van der Waals surface area contributed by atoms with Crippen LogP contribution < -0.4 is 5.73 Å². The quantitative estimate of drug-likeness (QED) is 0.555. The first-order chi connectivity index (χ1) is 8.77. The Morgan fingerprint density at radius 1 is 0.889 bits per heavy atom. The number of hydrogen-bond donors (Lipinski definition) is 1. The average molecular weight is 255 g/mol. The van der Waals surface area contributed by atoms with Crippen LogP contribution in [0.1, 0.15) is 84.0 Å². The van der Waals surface area contributed by atoms with Crippen LogP contribution in [-0.2, 0) is 4.74 Å². The molecule has 0 amide bonds. The third kappa shape index (κ3) is 7.38. The van der Waals surface area contributed by atoms with E-state index in [1.165, 1.54) is 64.2 Å². The molecule has 0 saturated heterocycles. The zero-order valence-corrected chi connectivity index (χ0v) is 12.4. The standard InChI is InChI=1S/C16H33NO/c1-2-3-4-5-6-7-8-11-14-18-15-16(17)12-9-10-13-16/h2-15,17H2,1H3. The lowest BCUT2D eigenvalue weighted by molar-refractivity contribution is 0.0838. The van der Waals surface area contributed by atoms with E-state index >= 15 is 0 Å². The Kier molecular flexibility index (Phi) is 8.70. The van der Waals surface area contributed by atoms with Crippen molar-refractivity contribution in [1.29, 1.82) is 0 Å². The molecule has 0 aliphatic heterocycles. The maximum atomic E-state index is 6.24. The molecule has 0 heterocycles. The van der Waals surface area contributed by atoms with E-state index in [1.54, 1.807) is 0 Å². The normalized spacial score (nSPS) is 18.3. The van der Waals surface area contributed by atoms with Crippen molar-refractivity contribution >= 4 is 0 Å². The van der Waals surface area contributed by atoms with Crippen LogP contribution in [0.15, 0.2) is 0 Å². The Labute approximate surface area is 114 Å². The van der Waals surface area contributed by atoms with Gasteiger partial charge in [-0.15, -0.1) is 0 Å². The third-order valence-corrected chi connectivity index (χ3v) is 4.13. The van der Waals surface area contributed by atoms with Crippen LogP contribution >= 0.6 is 0 Å². The van der Waals surface area contributed by atoms with Gasteiger partial charge in [0.25, 0.3) is 0 Å². The SMILES string of the molecule is CCCCCCCCCCOCC1(N)CCCC1. The molecular weight excluding hydrogens is 222 g/mol. The van der Waals surface area contributed by atoms with Gasteiger partial charge in [-0.05, 0) is 19.3 Å². The zero-order valence-electron chi connectivity index (χ0n) is 12.4.